The molecule has 2 heteroatoms. The van der Waals surface area contributed by atoms with E-state index in [-0.39, 0.29) is 5.41 Å². The number of hydrogen-bond donors (Lipinski definition) is 0. The van der Waals surface area contributed by atoms with Gasteiger partial charge in [0.2, 0.25) is 0 Å². The second kappa shape index (κ2) is 5.84. The smallest absolute Gasteiger partial charge is 0.0991 e. The zero-order valence-corrected chi connectivity index (χ0v) is 17.0. The van der Waals surface area contributed by atoms with Crippen molar-refractivity contribution in [1.29, 1.82) is 5.26 Å². The third kappa shape index (κ3) is 2.12. The van der Waals surface area contributed by atoms with Crippen LogP contribution in [0.4, 0.5) is 0 Å². The number of hydrogen-bond acceptors (Lipinski definition) is 1. The first-order valence-corrected chi connectivity index (χ1v) is 10.3. The van der Waals surface area contributed by atoms with Crippen LogP contribution in [0.15, 0.2) is 84.9 Å². The monoisotopic (exact) mass is 384 g/mol. The molecule has 0 fully saturated rings. The second-order valence-corrected chi connectivity index (χ2v) is 8.60. The normalized spacial score (nSPS) is 13.9. The van der Waals surface area contributed by atoms with E-state index in [4.69, 9.17) is 0 Å². The molecule has 0 bridgehead atoms. The van der Waals surface area contributed by atoms with Crippen molar-refractivity contribution in [3.05, 3.63) is 102 Å². The molecule has 0 saturated heterocycles. The van der Waals surface area contributed by atoms with Crippen molar-refractivity contribution in [2.24, 2.45) is 0 Å². The van der Waals surface area contributed by atoms with Gasteiger partial charge in [-0.15, -0.1) is 0 Å². The lowest BCUT2D eigenvalue weighted by Gasteiger charge is -2.21. The number of aromatic nitrogens is 1. The Balaban J connectivity index is 1.74. The number of para-hydroxylation sites is 1. The number of nitriles is 1. The van der Waals surface area contributed by atoms with Gasteiger partial charge in [-0.25, -0.2) is 0 Å². The lowest BCUT2D eigenvalue weighted by Crippen LogP contribution is -2.14. The fourth-order valence-corrected chi connectivity index (χ4v) is 5.13. The van der Waals surface area contributed by atoms with Gasteiger partial charge in [-0.05, 0) is 64.7 Å². The molecule has 142 valence electrons. The molecule has 30 heavy (non-hydrogen) atoms. The van der Waals surface area contributed by atoms with Crippen molar-refractivity contribution < 1.29 is 0 Å². The zero-order valence-electron chi connectivity index (χ0n) is 17.0. The fraction of sp³-hybridized carbons (Fsp3) is 0.107. The van der Waals surface area contributed by atoms with Crippen LogP contribution in [-0.4, -0.2) is 4.57 Å². The predicted molar refractivity (Wildman–Crippen MR) is 123 cm³/mol. The maximum Gasteiger partial charge on any atom is 0.0991 e. The van der Waals surface area contributed by atoms with Gasteiger partial charge in [0, 0.05) is 21.9 Å². The van der Waals surface area contributed by atoms with Crippen molar-refractivity contribution in [2.75, 3.05) is 0 Å². The quantitative estimate of drug-likeness (QED) is 0.307. The van der Waals surface area contributed by atoms with Gasteiger partial charge in [-0.1, -0.05) is 56.3 Å². The first kappa shape index (κ1) is 17.1. The van der Waals surface area contributed by atoms with Crippen LogP contribution in [0.3, 0.4) is 0 Å². The molecule has 0 radical (unpaired) electrons. The number of benzene rings is 4. The summed E-state index contributed by atoms with van der Waals surface area (Å²) in [5.41, 5.74) is 9.56. The average Bonchev–Trinajstić information content (AvgIpc) is 3.22. The first-order valence-electron chi connectivity index (χ1n) is 10.3. The van der Waals surface area contributed by atoms with Crippen LogP contribution in [-0.2, 0) is 5.41 Å². The molecule has 0 N–H and O–H groups in total. The Morgan fingerprint density at radius 3 is 2.23 bits per heavy atom. The molecule has 0 amide bonds. The van der Waals surface area contributed by atoms with E-state index in [2.05, 4.69) is 85.1 Å². The first-order chi connectivity index (χ1) is 14.6. The lowest BCUT2D eigenvalue weighted by atomic mass is 9.82. The van der Waals surface area contributed by atoms with Gasteiger partial charge in [0.15, 0.2) is 0 Å². The van der Waals surface area contributed by atoms with Crippen molar-refractivity contribution in [3.63, 3.8) is 0 Å². The maximum absolute atomic E-state index is 9.20. The Labute approximate surface area is 175 Å². The molecule has 0 atom stereocenters. The molecule has 6 rings (SSSR count). The summed E-state index contributed by atoms with van der Waals surface area (Å²) in [7, 11) is 0. The summed E-state index contributed by atoms with van der Waals surface area (Å²) >= 11 is 0. The standard InChI is InChI=1S/C28H20N2/c1-28(2)24-9-5-3-7-20(24)22-15-23-21-8-4-6-10-26(21)30(27(23)16-25(22)28)19-13-11-18(17-29)12-14-19/h3-16H,1-2H3. The van der Waals surface area contributed by atoms with Gasteiger partial charge < -0.3 is 4.57 Å². The molecule has 0 spiro atoms. The average molecular weight is 384 g/mol. The summed E-state index contributed by atoms with van der Waals surface area (Å²) in [6, 6.07) is 32.2. The van der Waals surface area contributed by atoms with E-state index < -0.39 is 0 Å². The lowest BCUT2D eigenvalue weighted by molar-refractivity contribution is 0.661. The fourth-order valence-electron chi connectivity index (χ4n) is 5.13. The van der Waals surface area contributed by atoms with E-state index in [1.54, 1.807) is 0 Å². The molecule has 0 unspecified atom stereocenters. The minimum atomic E-state index is -0.0356. The van der Waals surface area contributed by atoms with Crippen molar-refractivity contribution in [2.45, 2.75) is 19.3 Å². The van der Waals surface area contributed by atoms with E-state index >= 15 is 0 Å². The summed E-state index contributed by atoms with van der Waals surface area (Å²) < 4.78 is 2.32. The maximum atomic E-state index is 9.20. The van der Waals surface area contributed by atoms with Crippen LogP contribution < -0.4 is 0 Å². The molecule has 5 aromatic rings. The Bertz CT molecular complexity index is 1510. The molecular formula is C28H20N2. The van der Waals surface area contributed by atoms with Crippen LogP contribution in [0.1, 0.15) is 30.5 Å². The van der Waals surface area contributed by atoms with Gasteiger partial charge in [0.05, 0.1) is 22.7 Å². The van der Waals surface area contributed by atoms with Gasteiger partial charge >= 0.3 is 0 Å². The van der Waals surface area contributed by atoms with Crippen LogP contribution in [0.25, 0.3) is 38.6 Å². The summed E-state index contributed by atoms with van der Waals surface area (Å²) in [5.74, 6) is 0. The van der Waals surface area contributed by atoms with Gasteiger partial charge in [0.25, 0.3) is 0 Å². The molecule has 1 aliphatic carbocycles. The second-order valence-electron chi connectivity index (χ2n) is 8.60. The third-order valence-corrected chi connectivity index (χ3v) is 6.63. The Kier molecular flexibility index (Phi) is 3.32. The molecule has 4 aromatic carbocycles. The third-order valence-electron chi connectivity index (χ3n) is 6.63. The van der Waals surface area contributed by atoms with Crippen LogP contribution in [0, 0.1) is 11.3 Å². The molecule has 1 aliphatic rings. The Morgan fingerprint density at radius 1 is 0.700 bits per heavy atom. The SMILES string of the molecule is CC1(C)c2ccccc2-c2cc3c4ccccc4n(-c4ccc(C#N)cc4)c3cc21. The molecule has 0 saturated carbocycles. The zero-order chi connectivity index (χ0) is 20.5. The predicted octanol–water partition coefficient (Wildman–Crippen LogP) is 6.96. The summed E-state index contributed by atoms with van der Waals surface area (Å²) in [6.07, 6.45) is 0. The number of nitrogens with zero attached hydrogens (tertiary/aromatic N) is 2. The van der Waals surface area contributed by atoms with E-state index in [1.165, 1.54) is 44.1 Å². The van der Waals surface area contributed by atoms with Gasteiger partial charge in [-0.2, -0.15) is 5.26 Å². The summed E-state index contributed by atoms with van der Waals surface area (Å²) in [5, 5.41) is 11.7. The molecule has 1 aromatic heterocycles. The number of fused-ring (bicyclic) bond motifs is 6. The van der Waals surface area contributed by atoms with Crippen LogP contribution >= 0.6 is 0 Å². The molecule has 0 aliphatic heterocycles. The van der Waals surface area contributed by atoms with Gasteiger partial charge in [-0.3, -0.25) is 0 Å². The van der Waals surface area contributed by atoms with E-state index in [0.29, 0.717) is 5.56 Å². The molecule has 1 heterocycles. The van der Waals surface area contributed by atoms with E-state index in [0.717, 1.165) is 5.69 Å². The highest BCUT2D eigenvalue weighted by Gasteiger charge is 2.36. The Hall–Kier alpha value is -3.83. The minimum absolute atomic E-state index is 0.0356. The number of rotatable bonds is 1. The largest absolute Gasteiger partial charge is 0.309 e. The van der Waals surface area contributed by atoms with E-state index in [9.17, 15) is 5.26 Å². The molecule has 2 nitrogen and oxygen atoms in total. The summed E-state index contributed by atoms with van der Waals surface area (Å²) in [4.78, 5) is 0. The van der Waals surface area contributed by atoms with Gasteiger partial charge in [0.1, 0.15) is 0 Å². The van der Waals surface area contributed by atoms with Crippen molar-refractivity contribution >= 4 is 21.8 Å². The highest BCUT2D eigenvalue weighted by molar-refractivity contribution is 6.11. The minimum Gasteiger partial charge on any atom is -0.309 e. The van der Waals surface area contributed by atoms with Crippen LogP contribution in [0.5, 0.6) is 0 Å². The molecular weight excluding hydrogens is 364 g/mol. The highest BCUT2D eigenvalue weighted by Crippen LogP contribution is 2.50. The summed E-state index contributed by atoms with van der Waals surface area (Å²) in [6.45, 7) is 4.64. The van der Waals surface area contributed by atoms with E-state index in [1.807, 2.05) is 24.3 Å². The van der Waals surface area contributed by atoms with Crippen molar-refractivity contribution in [3.8, 4) is 22.9 Å². The highest BCUT2D eigenvalue weighted by atomic mass is 15.0. The van der Waals surface area contributed by atoms with Crippen LogP contribution in [0.2, 0.25) is 0 Å². The Morgan fingerprint density at radius 2 is 1.43 bits per heavy atom. The van der Waals surface area contributed by atoms with Crippen molar-refractivity contribution in [1.82, 2.24) is 4.57 Å². The topological polar surface area (TPSA) is 28.7 Å².